The molecular weight excluding hydrogens is 375 g/mol. The van der Waals surface area contributed by atoms with E-state index in [1.807, 2.05) is 13.8 Å². The molecule has 0 spiro atoms. The van der Waals surface area contributed by atoms with Gasteiger partial charge in [-0.3, -0.25) is 4.57 Å². The number of hydrogen-bond donors (Lipinski definition) is 2. The summed E-state index contributed by atoms with van der Waals surface area (Å²) in [6, 6.07) is 8.12. The third kappa shape index (κ3) is 5.34. The summed E-state index contributed by atoms with van der Waals surface area (Å²) in [6.45, 7) is 5.04. The first-order chi connectivity index (χ1) is 11.9. The highest BCUT2D eigenvalue weighted by atomic mass is 32.2. The second-order valence-corrected chi connectivity index (χ2v) is 11.0. The van der Waals surface area contributed by atoms with Crippen molar-refractivity contribution in [1.29, 1.82) is 0 Å². The largest absolute Gasteiger partial charge is 0.507 e. The first-order valence-corrected chi connectivity index (χ1v) is 12.1. The van der Waals surface area contributed by atoms with Gasteiger partial charge in [-0.1, -0.05) is 6.07 Å². The van der Waals surface area contributed by atoms with Crippen LogP contribution in [-0.4, -0.2) is 37.7 Å². The zero-order valence-corrected chi connectivity index (χ0v) is 16.9. The Bertz CT molecular complexity index is 952. The molecular formula is C18H23O6PS. The Morgan fingerprint density at radius 2 is 1.69 bits per heavy atom. The van der Waals surface area contributed by atoms with Crippen LogP contribution in [-0.2, 0) is 20.8 Å². The maximum Gasteiger partial charge on any atom is 0.233 e. The maximum atomic E-state index is 11.8. The van der Waals surface area contributed by atoms with E-state index in [-0.39, 0.29) is 17.0 Å². The first kappa shape index (κ1) is 20.5. The first-order valence-electron chi connectivity index (χ1n) is 7.91. The molecule has 0 saturated carbocycles. The van der Waals surface area contributed by atoms with Crippen LogP contribution in [0.15, 0.2) is 35.2 Å². The lowest BCUT2D eigenvalue weighted by Gasteiger charge is -2.15. The molecule has 2 aromatic rings. The third-order valence-electron chi connectivity index (χ3n) is 3.94. The Labute approximate surface area is 153 Å². The molecule has 2 N–H and O–H groups in total. The van der Waals surface area contributed by atoms with Crippen molar-refractivity contribution >= 4 is 17.2 Å². The smallest absolute Gasteiger partial charge is 0.233 e. The zero-order valence-electron chi connectivity index (χ0n) is 15.2. The van der Waals surface area contributed by atoms with Crippen molar-refractivity contribution in [3.63, 3.8) is 0 Å². The van der Waals surface area contributed by atoms with Gasteiger partial charge >= 0.3 is 0 Å². The molecule has 2 aromatic carbocycles. The molecule has 0 amide bonds. The average Bonchev–Trinajstić information content (AvgIpc) is 2.48. The molecule has 0 saturated heterocycles. The molecule has 0 heterocycles. The Balaban J connectivity index is 2.32. The van der Waals surface area contributed by atoms with Gasteiger partial charge in [0.1, 0.15) is 16.4 Å². The molecule has 1 atom stereocenters. The fraction of sp³-hybridized carbons (Fsp3) is 0.333. The van der Waals surface area contributed by atoms with Crippen LogP contribution < -0.4 is 4.74 Å². The molecule has 0 aliphatic rings. The SMILES string of the molecule is Cc1cc(OCP(C)(=O)O)cc(C)c1Cc1ccc(O)c(S(C)(=O)=O)c1. The van der Waals surface area contributed by atoms with Crippen LogP contribution in [0.4, 0.5) is 0 Å². The van der Waals surface area contributed by atoms with Crippen LogP contribution in [0, 0.1) is 13.8 Å². The van der Waals surface area contributed by atoms with E-state index in [9.17, 15) is 23.0 Å². The van der Waals surface area contributed by atoms with Gasteiger partial charge in [0.25, 0.3) is 0 Å². The van der Waals surface area contributed by atoms with Gasteiger partial charge in [-0.15, -0.1) is 0 Å². The van der Waals surface area contributed by atoms with Crippen molar-refractivity contribution < 1.29 is 27.7 Å². The molecule has 1 unspecified atom stereocenters. The van der Waals surface area contributed by atoms with Crippen LogP contribution in [0.1, 0.15) is 22.3 Å². The van der Waals surface area contributed by atoms with E-state index in [0.29, 0.717) is 12.2 Å². The summed E-state index contributed by atoms with van der Waals surface area (Å²) in [5, 5.41) is 9.77. The summed E-state index contributed by atoms with van der Waals surface area (Å²) in [5.41, 5.74) is 3.62. The average molecular weight is 398 g/mol. The second-order valence-electron chi connectivity index (χ2n) is 6.61. The van der Waals surface area contributed by atoms with E-state index in [2.05, 4.69) is 0 Å². The summed E-state index contributed by atoms with van der Waals surface area (Å²) in [5.74, 6) is 0.254. The topological polar surface area (TPSA) is 101 Å². The number of hydrogen-bond acceptors (Lipinski definition) is 5. The Kier molecular flexibility index (Phi) is 5.85. The molecule has 0 aliphatic heterocycles. The van der Waals surface area contributed by atoms with Crippen LogP contribution in [0.3, 0.4) is 0 Å². The van der Waals surface area contributed by atoms with Crippen LogP contribution in [0.2, 0.25) is 0 Å². The molecule has 0 fully saturated rings. The minimum atomic E-state index is -3.52. The van der Waals surface area contributed by atoms with Gasteiger partial charge in [0, 0.05) is 12.9 Å². The predicted octanol–water partition coefficient (Wildman–Crippen LogP) is 3.24. The van der Waals surface area contributed by atoms with Crippen molar-refractivity contribution in [2.45, 2.75) is 25.2 Å². The van der Waals surface area contributed by atoms with E-state index in [1.165, 1.54) is 18.8 Å². The summed E-state index contributed by atoms with van der Waals surface area (Å²) in [4.78, 5) is 9.25. The summed E-state index contributed by atoms with van der Waals surface area (Å²) in [7, 11) is -6.77. The number of phenols is 1. The molecule has 0 bridgehead atoms. The van der Waals surface area contributed by atoms with Crippen LogP contribution in [0.25, 0.3) is 0 Å². The van der Waals surface area contributed by atoms with Crippen molar-refractivity contribution in [3.05, 3.63) is 52.6 Å². The lowest BCUT2D eigenvalue weighted by atomic mass is 9.96. The van der Waals surface area contributed by atoms with E-state index in [1.54, 1.807) is 18.2 Å². The van der Waals surface area contributed by atoms with Crippen molar-refractivity contribution in [2.24, 2.45) is 0 Å². The lowest BCUT2D eigenvalue weighted by molar-refractivity contribution is 0.352. The minimum Gasteiger partial charge on any atom is -0.507 e. The van der Waals surface area contributed by atoms with Gasteiger partial charge in [-0.25, -0.2) is 8.42 Å². The number of aryl methyl sites for hydroxylation is 2. The minimum absolute atomic E-state index is 0.0908. The predicted molar refractivity (Wildman–Crippen MR) is 101 cm³/mol. The standard InChI is InChI=1S/C18H23O6PS/c1-12-7-15(24-11-25(3,20)21)8-13(2)16(12)9-14-5-6-17(19)18(10-14)26(4,22)23/h5-8,10,19H,9,11H2,1-4H3,(H,20,21). The highest BCUT2D eigenvalue weighted by Crippen LogP contribution is 2.36. The molecule has 2 rings (SSSR count). The highest BCUT2D eigenvalue weighted by molar-refractivity contribution is 7.90. The number of sulfone groups is 1. The van der Waals surface area contributed by atoms with Crippen molar-refractivity contribution in [3.8, 4) is 11.5 Å². The monoisotopic (exact) mass is 398 g/mol. The van der Waals surface area contributed by atoms with E-state index < -0.39 is 17.2 Å². The van der Waals surface area contributed by atoms with Gasteiger partial charge in [-0.2, -0.15) is 0 Å². The van der Waals surface area contributed by atoms with Gasteiger partial charge in [0.15, 0.2) is 16.2 Å². The zero-order chi connectivity index (χ0) is 19.7. The van der Waals surface area contributed by atoms with Gasteiger partial charge in [-0.05, 0) is 66.8 Å². The Morgan fingerprint density at radius 1 is 1.12 bits per heavy atom. The Hall–Kier alpha value is -1.82. The third-order valence-corrected chi connectivity index (χ3v) is 5.68. The quantitative estimate of drug-likeness (QED) is 0.725. The maximum absolute atomic E-state index is 11.8. The van der Waals surface area contributed by atoms with Crippen LogP contribution in [0.5, 0.6) is 11.5 Å². The van der Waals surface area contributed by atoms with Crippen molar-refractivity contribution in [2.75, 3.05) is 19.3 Å². The summed E-state index contributed by atoms with van der Waals surface area (Å²) >= 11 is 0. The van der Waals surface area contributed by atoms with Gasteiger partial charge in [0.2, 0.25) is 7.37 Å². The summed E-state index contributed by atoms with van der Waals surface area (Å²) < 4.78 is 40.3. The number of aromatic hydroxyl groups is 1. The normalized spacial score (nSPS) is 14.0. The second kappa shape index (κ2) is 7.43. The fourth-order valence-electron chi connectivity index (χ4n) is 2.68. The molecule has 0 aliphatic carbocycles. The molecule has 142 valence electrons. The van der Waals surface area contributed by atoms with E-state index >= 15 is 0 Å². The number of rotatable bonds is 6. The van der Waals surface area contributed by atoms with E-state index in [0.717, 1.165) is 28.5 Å². The molecule has 0 aromatic heterocycles. The number of ether oxygens (including phenoxy) is 1. The summed E-state index contributed by atoms with van der Waals surface area (Å²) in [6.07, 6.45) is 1.30. The van der Waals surface area contributed by atoms with Gasteiger partial charge < -0.3 is 14.7 Å². The van der Waals surface area contributed by atoms with Crippen molar-refractivity contribution in [1.82, 2.24) is 0 Å². The number of phenolic OH excluding ortho intramolecular Hbond substituents is 1. The molecule has 0 radical (unpaired) electrons. The highest BCUT2D eigenvalue weighted by Gasteiger charge is 2.16. The number of benzene rings is 2. The Morgan fingerprint density at radius 3 is 2.19 bits per heavy atom. The molecule has 8 heteroatoms. The van der Waals surface area contributed by atoms with Crippen LogP contribution >= 0.6 is 7.37 Å². The van der Waals surface area contributed by atoms with Gasteiger partial charge in [0.05, 0.1) is 0 Å². The molecule has 26 heavy (non-hydrogen) atoms. The molecule has 6 nitrogen and oxygen atoms in total. The lowest BCUT2D eigenvalue weighted by Crippen LogP contribution is -2.02. The fourth-order valence-corrected chi connectivity index (χ4v) is 3.88. The van der Waals surface area contributed by atoms with E-state index in [4.69, 9.17) is 4.74 Å².